The first-order valence-corrected chi connectivity index (χ1v) is 8.62. The summed E-state index contributed by atoms with van der Waals surface area (Å²) in [5.74, 6) is 1.46. The highest BCUT2D eigenvalue weighted by Crippen LogP contribution is 2.33. The van der Waals surface area contributed by atoms with Gasteiger partial charge in [0.25, 0.3) is 0 Å². The van der Waals surface area contributed by atoms with Gasteiger partial charge in [-0.15, -0.1) is 0 Å². The number of hydrogen-bond donors (Lipinski definition) is 0. The Morgan fingerprint density at radius 2 is 2.32 bits per heavy atom. The van der Waals surface area contributed by atoms with E-state index in [9.17, 15) is 9.59 Å². The Balaban J connectivity index is 1.78. The maximum Gasteiger partial charge on any atom is 0.229 e. The largest absolute Gasteiger partial charge is 0.481 e. The van der Waals surface area contributed by atoms with Crippen LogP contribution < -0.4 is 9.64 Å². The number of anilines is 1. The molecule has 6 nitrogen and oxygen atoms in total. The number of ether oxygens (including phenoxy) is 1. The summed E-state index contributed by atoms with van der Waals surface area (Å²) in [6.45, 7) is 2.15. The summed E-state index contributed by atoms with van der Waals surface area (Å²) in [7, 11) is 1.57. The molecule has 0 spiro atoms. The SMILES string of the molecule is COc1ccc2nc(N3CC(CSC(C)=O)CC3=O)sc2n1. The molecule has 3 heterocycles. The number of carbonyl (C=O) groups excluding carboxylic acids is 2. The Kier molecular flexibility index (Phi) is 4.30. The molecule has 0 N–H and O–H groups in total. The number of fused-ring (bicyclic) bond motifs is 1. The third kappa shape index (κ3) is 3.07. The molecule has 1 saturated heterocycles. The Morgan fingerprint density at radius 1 is 1.50 bits per heavy atom. The Labute approximate surface area is 135 Å². The molecule has 8 heteroatoms. The first-order chi connectivity index (χ1) is 10.6. The van der Waals surface area contributed by atoms with E-state index in [0.29, 0.717) is 29.7 Å². The summed E-state index contributed by atoms with van der Waals surface area (Å²) in [5.41, 5.74) is 0.759. The van der Waals surface area contributed by atoms with Crippen LogP contribution in [0.25, 0.3) is 10.3 Å². The normalized spacial score (nSPS) is 18.2. The van der Waals surface area contributed by atoms with Crippen LogP contribution in [0.15, 0.2) is 12.1 Å². The number of rotatable bonds is 4. The van der Waals surface area contributed by atoms with Crippen molar-refractivity contribution in [3.05, 3.63) is 12.1 Å². The highest BCUT2D eigenvalue weighted by Gasteiger charge is 2.32. The molecule has 0 bridgehead atoms. The maximum absolute atomic E-state index is 12.2. The number of amides is 1. The van der Waals surface area contributed by atoms with Gasteiger partial charge in [-0.1, -0.05) is 23.1 Å². The predicted molar refractivity (Wildman–Crippen MR) is 87.6 cm³/mol. The molecule has 1 aliphatic heterocycles. The summed E-state index contributed by atoms with van der Waals surface area (Å²) < 4.78 is 5.10. The van der Waals surface area contributed by atoms with Crippen LogP contribution in [0.3, 0.4) is 0 Å². The molecule has 1 unspecified atom stereocenters. The molecule has 2 aromatic heterocycles. The number of thiazole rings is 1. The molecule has 3 rings (SSSR count). The minimum Gasteiger partial charge on any atom is -0.481 e. The monoisotopic (exact) mass is 337 g/mol. The average molecular weight is 337 g/mol. The van der Waals surface area contributed by atoms with Crippen molar-refractivity contribution in [1.29, 1.82) is 0 Å². The van der Waals surface area contributed by atoms with Gasteiger partial charge in [-0.3, -0.25) is 14.5 Å². The lowest BCUT2D eigenvalue weighted by molar-refractivity contribution is -0.117. The first-order valence-electron chi connectivity index (χ1n) is 6.82. The maximum atomic E-state index is 12.2. The lowest BCUT2D eigenvalue weighted by Gasteiger charge is -2.12. The zero-order valence-electron chi connectivity index (χ0n) is 12.2. The van der Waals surface area contributed by atoms with E-state index in [1.165, 1.54) is 23.1 Å². The topological polar surface area (TPSA) is 72.4 Å². The Morgan fingerprint density at radius 3 is 3.05 bits per heavy atom. The van der Waals surface area contributed by atoms with Gasteiger partial charge in [0.2, 0.25) is 11.8 Å². The van der Waals surface area contributed by atoms with Crippen molar-refractivity contribution in [2.75, 3.05) is 24.3 Å². The van der Waals surface area contributed by atoms with Gasteiger partial charge in [-0.2, -0.15) is 0 Å². The molecule has 1 fully saturated rings. The number of carbonyl (C=O) groups is 2. The molecule has 22 heavy (non-hydrogen) atoms. The minimum atomic E-state index is 0.0557. The Bertz CT molecular complexity index is 731. The average Bonchev–Trinajstić information content (AvgIpc) is 3.07. The van der Waals surface area contributed by atoms with Crippen molar-refractivity contribution < 1.29 is 14.3 Å². The van der Waals surface area contributed by atoms with E-state index in [4.69, 9.17) is 4.74 Å². The van der Waals surface area contributed by atoms with E-state index >= 15 is 0 Å². The first kappa shape index (κ1) is 15.2. The molecule has 116 valence electrons. The fourth-order valence-corrected chi connectivity index (χ4v) is 3.98. The van der Waals surface area contributed by atoms with Crippen molar-refractivity contribution in [3.63, 3.8) is 0 Å². The number of pyridine rings is 1. The van der Waals surface area contributed by atoms with Crippen molar-refractivity contribution >= 4 is 49.6 Å². The van der Waals surface area contributed by atoms with Gasteiger partial charge in [-0.25, -0.2) is 9.97 Å². The van der Waals surface area contributed by atoms with Crippen molar-refractivity contribution in [3.8, 4) is 5.88 Å². The lowest BCUT2D eigenvalue weighted by Crippen LogP contribution is -2.24. The van der Waals surface area contributed by atoms with Gasteiger partial charge < -0.3 is 4.74 Å². The lowest BCUT2D eigenvalue weighted by atomic mass is 10.1. The van der Waals surface area contributed by atoms with Gasteiger partial charge in [0.1, 0.15) is 10.3 Å². The summed E-state index contributed by atoms with van der Waals surface area (Å²) in [6, 6.07) is 3.59. The summed E-state index contributed by atoms with van der Waals surface area (Å²) in [6.07, 6.45) is 0.465. The van der Waals surface area contributed by atoms with Crippen LogP contribution >= 0.6 is 23.1 Å². The van der Waals surface area contributed by atoms with Crippen LogP contribution in [-0.4, -0.2) is 40.4 Å². The van der Waals surface area contributed by atoms with Gasteiger partial charge in [-0.05, 0) is 12.0 Å². The molecule has 0 saturated carbocycles. The van der Waals surface area contributed by atoms with E-state index in [2.05, 4.69) is 9.97 Å². The van der Waals surface area contributed by atoms with Gasteiger partial charge in [0.05, 0.1) is 7.11 Å². The van der Waals surface area contributed by atoms with Gasteiger partial charge in [0.15, 0.2) is 10.2 Å². The quantitative estimate of drug-likeness (QED) is 0.853. The van der Waals surface area contributed by atoms with Crippen LogP contribution in [0.5, 0.6) is 5.88 Å². The highest BCUT2D eigenvalue weighted by molar-refractivity contribution is 8.13. The van der Waals surface area contributed by atoms with Gasteiger partial charge in [0, 0.05) is 31.7 Å². The number of methoxy groups -OCH3 is 1. The predicted octanol–water partition coefficient (Wildman–Crippen LogP) is 2.33. The fourth-order valence-electron chi connectivity index (χ4n) is 2.33. The second-order valence-electron chi connectivity index (χ2n) is 5.05. The number of hydrogen-bond acceptors (Lipinski definition) is 7. The van der Waals surface area contributed by atoms with Crippen LogP contribution in [0.1, 0.15) is 13.3 Å². The van der Waals surface area contributed by atoms with E-state index in [-0.39, 0.29) is 16.9 Å². The molecule has 0 aromatic carbocycles. The third-order valence-corrected chi connectivity index (χ3v) is 5.42. The highest BCUT2D eigenvalue weighted by atomic mass is 32.2. The summed E-state index contributed by atoms with van der Waals surface area (Å²) >= 11 is 2.66. The van der Waals surface area contributed by atoms with E-state index in [0.717, 1.165) is 10.3 Å². The third-order valence-electron chi connectivity index (χ3n) is 3.39. The molecule has 1 aliphatic rings. The molecule has 0 aliphatic carbocycles. The van der Waals surface area contributed by atoms with Gasteiger partial charge >= 0.3 is 0 Å². The molecular formula is C14H15N3O3S2. The Hall–Kier alpha value is -1.67. The van der Waals surface area contributed by atoms with Crippen LogP contribution in [0.2, 0.25) is 0 Å². The van der Waals surface area contributed by atoms with Crippen molar-refractivity contribution in [1.82, 2.24) is 9.97 Å². The second kappa shape index (κ2) is 6.21. The smallest absolute Gasteiger partial charge is 0.229 e. The standard InChI is InChI=1S/C14H15N3O3S2/c1-8(18)21-7-9-5-12(19)17(6-9)14-15-10-3-4-11(20-2)16-13(10)22-14/h3-4,9H,5-7H2,1-2H3. The zero-order chi connectivity index (χ0) is 15.7. The molecular weight excluding hydrogens is 322 g/mol. The number of aromatic nitrogens is 2. The number of thioether (sulfide) groups is 1. The van der Waals surface area contributed by atoms with E-state index in [1.54, 1.807) is 25.0 Å². The minimum absolute atomic E-state index is 0.0557. The van der Waals surface area contributed by atoms with Crippen LogP contribution in [-0.2, 0) is 9.59 Å². The molecule has 1 amide bonds. The fraction of sp³-hybridized carbons (Fsp3) is 0.429. The second-order valence-corrected chi connectivity index (χ2v) is 7.20. The molecule has 2 aromatic rings. The molecule has 0 radical (unpaired) electrons. The van der Waals surface area contributed by atoms with Crippen molar-refractivity contribution in [2.45, 2.75) is 13.3 Å². The number of nitrogens with zero attached hydrogens (tertiary/aromatic N) is 3. The van der Waals surface area contributed by atoms with Crippen LogP contribution in [0.4, 0.5) is 5.13 Å². The van der Waals surface area contributed by atoms with Crippen molar-refractivity contribution in [2.24, 2.45) is 5.92 Å². The summed E-state index contributed by atoms with van der Waals surface area (Å²) in [4.78, 5) is 34.5. The zero-order valence-corrected chi connectivity index (χ0v) is 13.9. The van der Waals surface area contributed by atoms with E-state index in [1.807, 2.05) is 6.07 Å². The van der Waals surface area contributed by atoms with E-state index < -0.39 is 0 Å². The summed E-state index contributed by atoms with van der Waals surface area (Å²) in [5, 5.41) is 0.748. The molecule has 1 atom stereocenters. The van der Waals surface area contributed by atoms with Crippen LogP contribution in [0, 0.1) is 5.92 Å².